The molecule has 1 fully saturated rings. The third kappa shape index (κ3) is 4.05. The van der Waals surface area contributed by atoms with Crippen LogP contribution >= 0.6 is 0 Å². The van der Waals surface area contributed by atoms with Gasteiger partial charge in [-0.3, -0.25) is 9.59 Å². The van der Waals surface area contributed by atoms with Crippen LogP contribution in [-0.2, 0) is 14.3 Å². The molecule has 0 bridgehead atoms. The number of amides is 2. The van der Waals surface area contributed by atoms with Gasteiger partial charge in [0.2, 0.25) is 5.91 Å². The number of hydrogen-bond donors (Lipinski definition) is 1. The zero-order valence-electron chi connectivity index (χ0n) is 16.2. The lowest BCUT2D eigenvalue weighted by Gasteiger charge is -2.20. The molecule has 1 N–H and O–H groups in total. The van der Waals surface area contributed by atoms with Crippen LogP contribution < -0.4 is 10.2 Å². The summed E-state index contributed by atoms with van der Waals surface area (Å²) in [4.78, 5) is 38.7. The molecule has 0 spiro atoms. The molecule has 8 heteroatoms. The van der Waals surface area contributed by atoms with Gasteiger partial charge in [0.25, 0.3) is 5.91 Å². The summed E-state index contributed by atoms with van der Waals surface area (Å²) in [6.07, 6.45) is 1.80. The zero-order chi connectivity index (χ0) is 20.3. The Labute approximate surface area is 163 Å². The molecule has 2 aromatic rings. The van der Waals surface area contributed by atoms with Crippen molar-refractivity contribution in [1.29, 1.82) is 0 Å². The van der Waals surface area contributed by atoms with Crippen LogP contribution in [0.5, 0.6) is 0 Å². The Morgan fingerprint density at radius 2 is 1.93 bits per heavy atom. The van der Waals surface area contributed by atoms with Gasteiger partial charge in [0.15, 0.2) is 6.10 Å². The number of benzene rings is 1. The molecule has 1 atom stereocenters. The highest BCUT2D eigenvalue weighted by atomic mass is 16.5. The molecule has 0 aliphatic carbocycles. The number of nitrogens with one attached hydrogen (secondary N) is 1. The fourth-order valence-electron chi connectivity index (χ4n) is 3.11. The van der Waals surface area contributed by atoms with Crippen LogP contribution in [0.15, 0.2) is 36.5 Å². The van der Waals surface area contributed by atoms with Gasteiger partial charge in [-0.25, -0.2) is 9.48 Å². The Kier molecular flexibility index (Phi) is 5.77. The number of esters is 1. The normalized spacial score (nSPS) is 15.0. The van der Waals surface area contributed by atoms with Crippen LogP contribution in [0.3, 0.4) is 0 Å². The lowest BCUT2D eigenvalue weighted by Crippen LogP contribution is -2.32. The van der Waals surface area contributed by atoms with E-state index in [-0.39, 0.29) is 17.5 Å². The van der Waals surface area contributed by atoms with E-state index < -0.39 is 18.0 Å². The average molecular weight is 384 g/mol. The Morgan fingerprint density at radius 3 is 2.61 bits per heavy atom. The van der Waals surface area contributed by atoms with Gasteiger partial charge in [0.05, 0.1) is 17.4 Å². The first-order valence-corrected chi connectivity index (χ1v) is 9.33. The minimum absolute atomic E-state index is 0.0204. The van der Waals surface area contributed by atoms with Crippen molar-refractivity contribution in [1.82, 2.24) is 9.78 Å². The average Bonchev–Trinajstić information content (AvgIpc) is 3.30. The minimum Gasteiger partial charge on any atom is -0.449 e. The van der Waals surface area contributed by atoms with Gasteiger partial charge in [-0.05, 0) is 39.3 Å². The summed E-state index contributed by atoms with van der Waals surface area (Å²) in [5.74, 6) is -0.584. The number of para-hydroxylation sites is 1. The molecule has 1 aromatic carbocycles. The van der Waals surface area contributed by atoms with Crippen molar-refractivity contribution in [3.05, 3.63) is 42.1 Å². The van der Waals surface area contributed by atoms with Crippen LogP contribution in [0.2, 0.25) is 0 Å². The van der Waals surface area contributed by atoms with Crippen LogP contribution in [0.1, 0.15) is 50.0 Å². The van der Waals surface area contributed by atoms with E-state index >= 15 is 0 Å². The molecule has 1 saturated heterocycles. The Bertz CT molecular complexity index is 890. The zero-order valence-corrected chi connectivity index (χ0v) is 16.2. The van der Waals surface area contributed by atoms with Gasteiger partial charge in [-0.15, -0.1) is 0 Å². The van der Waals surface area contributed by atoms with Crippen molar-refractivity contribution >= 4 is 29.3 Å². The lowest BCUT2D eigenvalue weighted by molar-refractivity contribution is -0.123. The van der Waals surface area contributed by atoms with E-state index in [4.69, 9.17) is 4.74 Å². The Morgan fingerprint density at radius 1 is 1.18 bits per heavy atom. The molecule has 148 valence electrons. The van der Waals surface area contributed by atoms with Crippen molar-refractivity contribution in [2.45, 2.75) is 45.8 Å². The molecule has 0 radical (unpaired) electrons. The molecule has 2 amide bonds. The highest BCUT2D eigenvalue weighted by Gasteiger charge is 2.28. The summed E-state index contributed by atoms with van der Waals surface area (Å²) in [6.45, 7) is 5.97. The first-order valence-electron chi connectivity index (χ1n) is 9.33. The van der Waals surface area contributed by atoms with Gasteiger partial charge in [-0.2, -0.15) is 5.10 Å². The van der Waals surface area contributed by atoms with Crippen LogP contribution in [0.25, 0.3) is 0 Å². The van der Waals surface area contributed by atoms with Crippen molar-refractivity contribution < 1.29 is 19.1 Å². The molecule has 8 nitrogen and oxygen atoms in total. The van der Waals surface area contributed by atoms with E-state index in [2.05, 4.69) is 10.4 Å². The second-order valence-corrected chi connectivity index (χ2v) is 6.96. The molecule has 1 aliphatic rings. The predicted octanol–water partition coefficient (Wildman–Crippen LogP) is 2.77. The van der Waals surface area contributed by atoms with E-state index in [0.29, 0.717) is 24.5 Å². The summed E-state index contributed by atoms with van der Waals surface area (Å²) in [6, 6.07) is 8.54. The van der Waals surface area contributed by atoms with E-state index in [1.165, 1.54) is 6.92 Å². The van der Waals surface area contributed by atoms with E-state index in [9.17, 15) is 14.4 Å². The van der Waals surface area contributed by atoms with Gasteiger partial charge in [-0.1, -0.05) is 12.1 Å². The molecule has 28 heavy (non-hydrogen) atoms. The van der Waals surface area contributed by atoms with Crippen LogP contribution in [0, 0.1) is 0 Å². The molecule has 0 unspecified atom stereocenters. The summed E-state index contributed by atoms with van der Waals surface area (Å²) in [5.41, 5.74) is 0.783. The summed E-state index contributed by atoms with van der Waals surface area (Å²) < 4.78 is 7.03. The van der Waals surface area contributed by atoms with Gasteiger partial charge >= 0.3 is 5.97 Å². The highest BCUT2D eigenvalue weighted by molar-refractivity contribution is 6.04. The summed E-state index contributed by atoms with van der Waals surface area (Å²) in [5, 5.41) is 6.88. The maximum atomic E-state index is 12.7. The number of hydrogen-bond acceptors (Lipinski definition) is 5. The molecule has 2 heterocycles. The van der Waals surface area contributed by atoms with Gasteiger partial charge in [0.1, 0.15) is 5.82 Å². The quantitative estimate of drug-likeness (QED) is 0.773. The fourth-order valence-corrected chi connectivity index (χ4v) is 3.11. The van der Waals surface area contributed by atoms with E-state index in [1.54, 1.807) is 46.1 Å². The number of carbonyl (C=O) groups is 3. The Balaban J connectivity index is 1.70. The van der Waals surface area contributed by atoms with Crippen LogP contribution in [-0.4, -0.2) is 40.2 Å². The lowest BCUT2D eigenvalue weighted by atomic mass is 10.1. The van der Waals surface area contributed by atoms with Gasteiger partial charge < -0.3 is 15.0 Å². The van der Waals surface area contributed by atoms with Crippen molar-refractivity contribution in [2.75, 3.05) is 16.8 Å². The number of ether oxygens (including phenoxy) is 1. The smallest absolute Gasteiger partial charge is 0.341 e. The first-order chi connectivity index (χ1) is 13.4. The summed E-state index contributed by atoms with van der Waals surface area (Å²) >= 11 is 0. The number of rotatable bonds is 6. The molecule has 0 saturated carbocycles. The largest absolute Gasteiger partial charge is 0.449 e. The topological polar surface area (TPSA) is 93.5 Å². The SMILES string of the molecule is CC(C)n1nccc1NC(=O)[C@@H](C)OC(=O)c1ccccc1N1CCCC1=O. The van der Waals surface area contributed by atoms with E-state index in [0.717, 1.165) is 6.42 Å². The molecule has 1 aromatic heterocycles. The standard InChI is InChI=1S/C20H24N4O4/c1-13(2)24-17(10-11-21-24)22-19(26)14(3)28-20(27)15-7-4-5-8-16(15)23-12-6-9-18(23)25/h4-5,7-8,10-11,13-14H,6,9,12H2,1-3H3,(H,22,26)/t14-/m1/s1. The van der Waals surface area contributed by atoms with Crippen molar-refractivity contribution in [2.24, 2.45) is 0 Å². The molecule has 3 rings (SSSR count). The minimum atomic E-state index is -1.01. The van der Waals surface area contributed by atoms with Crippen molar-refractivity contribution in [3.63, 3.8) is 0 Å². The first kappa shape index (κ1) is 19.6. The van der Waals surface area contributed by atoms with Crippen molar-refractivity contribution in [3.8, 4) is 0 Å². The molecular formula is C20H24N4O4. The van der Waals surface area contributed by atoms with E-state index in [1.807, 2.05) is 13.8 Å². The second kappa shape index (κ2) is 8.24. The number of aromatic nitrogens is 2. The highest BCUT2D eigenvalue weighted by Crippen LogP contribution is 2.26. The fraction of sp³-hybridized carbons (Fsp3) is 0.400. The number of nitrogens with zero attached hydrogens (tertiary/aromatic N) is 3. The third-order valence-corrected chi connectivity index (χ3v) is 4.55. The molecular weight excluding hydrogens is 360 g/mol. The maximum absolute atomic E-state index is 12.7. The number of carbonyl (C=O) groups excluding carboxylic acids is 3. The predicted molar refractivity (Wildman–Crippen MR) is 104 cm³/mol. The number of anilines is 2. The molecule has 1 aliphatic heterocycles. The van der Waals surface area contributed by atoms with Gasteiger partial charge in [0, 0.05) is 25.1 Å². The van der Waals surface area contributed by atoms with Crippen LogP contribution in [0.4, 0.5) is 11.5 Å². The second-order valence-electron chi connectivity index (χ2n) is 6.96. The summed E-state index contributed by atoms with van der Waals surface area (Å²) in [7, 11) is 0. The monoisotopic (exact) mass is 384 g/mol. The third-order valence-electron chi connectivity index (χ3n) is 4.55. The Hall–Kier alpha value is -3.16. The maximum Gasteiger partial charge on any atom is 0.341 e.